The van der Waals surface area contributed by atoms with E-state index < -0.39 is 10.0 Å². The minimum atomic E-state index is -3.60. The lowest BCUT2D eigenvalue weighted by Gasteiger charge is -2.26. The van der Waals surface area contributed by atoms with E-state index in [2.05, 4.69) is 34.6 Å². The summed E-state index contributed by atoms with van der Waals surface area (Å²) >= 11 is 1.34. The number of sulfonamides is 1. The van der Waals surface area contributed by atoms with Gasteiger partial charge >= 0.3 is 0 Å². The van der Waals surface area contributed by atoms with Crippen LogP contribution in [0.25, 0.3) is 22.4 Å². The highest BCUT2D eigenvalue weighted by Gasteiger charge is 2.26. The monoisotopic (exact) mass is 505 g/mol. The number of ether oxygens (including phenoxy) is 1. The van der Waals surface area contributed by atoms with Gasteiger partial charge in [-0.2, -0.15) is 4.31 Å². The van der Waals surface area contributed by atoms with Gasteiger partial charge in [-0.15, -0.1) is 11.3 Å². The normalized spacial score (nSPS) is 14.5. The van der Waals surface area contributed by atoms with Gasteiger partial charge in [0.25, 0.3) is 5.91 Å². The second kappa shape index (κ2) is 10.1. The van der Waals surface area contributed by atoms with Crippen LogP contribution in [0.2, 0.25) is 0 Å². The third-order valence-corrected chi connectivity index (χ3v) is 8.41. The van der Waals surface area contributed by atoms with E-state index in [1.54, 1.807) is 0 Å². The van der Waals surface area contributed by atoms with Crippen LogP contribution in [0, 0.1) is 0 Å². The van der Waals surface area contributed by atoms with Gasteiger partial charge in [0.15, 0.2) is 5.13 Å². The average molecular weight is 506 g/mol. The van der Waals surface area contributed by atoms with Gasteiger partial charge in [0.1, 0.15) is 0 Å². The van der Waals surface area contributed by atoms with Crippen LogP contribution in [-0.4, -0.2) is 49.9 Å². The minimum absolute atomic E-state index is 0.159. The van der Waals surface area contributed by atoms with Crippen LogP contribution in [-0.2, 0) is 14.8 Å². The van der Waals surface area contributed by atoms with Crippen LogP contribution >= 0.6 is 11.3 Å². The summed E-state index contributed by atoms with van der Waals surface area (Å²) in [5.74, 6) is -0.347. The third-order valence-electron chi connectivity index (χ3n) is 5.74. The van der Waals surface area contributed by atoms with E-state index >= 15 is 0 Å². The van der Waals surface area contributed by atoms with Crippen molar-refractivity contribution in [3.63, 3.8) is 0 Å². The number of amides is 1. The summed E-state index contributed by atoms with van der Waals surface area (Å²) in [7, 11) is -3.60. The summed E-state index contributed by atoms with van der Waals surface area (Å²) in [5, 5.41) is 5.17. The maximum atomic E-state index is 12.8. The maximum Gasteiger partial charge on any atom is 0.257 e. The first-order chi connectivity index (χ1) is 17.0. The third kappa shape index (κ3) is 5.18. The number of carbonyl (C=O) groups excluding carboxylic acids is 1. The molecule has 5 rings (SSSR count). The molecule has 9 heteroatoms. The molecule has 1 aliphatic heterocycles. The standard InChI is InChI=1S/C26H23N3O4S2/c30-25(22-10-12-23(13-11-22)35(31,32)29-14-16-33-17-15-29)28-26-27-24(18-34-26)21-8-6-20(7-9-21)19-4-2-1-3-5-19/h1-13,18H,14-17H2,(H,27,28,30). The number of nitrogens with one attached hydrogen (secondary N) is 1. The number of nitrogens with zero attached hydrogens (tertiary/aromatic N) is 2. The summed E-state index contributed by atoms with van der Waals surface area (Å²) in [6.45, 7) is 1.41. The van der Waals surface area contributed by atoms with Crippen molar-refractivity contribution in [1.29, 1.82) is 0 Å². The zero-order chi connectivity index (χ0) is 24.3. The van der Waals surface area contributed by atoms with Crippen molar-refractivity contribution in [3.8, 4) is 22.4 Å². The molecule has 2 heterocycles. The molecule has 1 N–H and O–H groups in total. The van der Waals surface area contributed by atoms with Gasteiger partial charge in [-0.25, -0.2) is 13.4 Å². The Labute approximate surface area is 208 Å². The first-order valence-corrected chi connectivity index (χ1v) is 13.4. The maximum absolute atomic E-state index is 12.8. The summed E-state index contributed by atoms with van der Waals surface area (Å²) in [6, 6.07) is 24.2. The van der Waals surface area contributed by atoms with Crippen molar-refractivity contribution in [2.24, 2.45) is 0 Å². The average Bonchev–Trinajstić information content (AvgIpc) is 3.38. The molecule has 4 aromatic rings. The smallest absolute Gasteiger partial charge is 0.257 e. The first-order valence-electron chi connectivity index (χ1n) is 11.1. The Hall–Kier alpha value is -3.37. The van der Waals surface area contributed by atoms with Crippen LogP contribution in [0.1, 0.15) is 10.4 Å². The van der Waals surface area contributed by atoms with E-state index in [9.17, 15) is 13.2 Å². The second-order valence-electron chi connectivity index (χ2n) is 7.98. The van der Waals surface area contributed by atoms with Crippen molar-refractivity contribution in [3.05, 3.63) is 89.8 Å². The second-order valence-corrected chi connectivity index (χ2v) is 10.8. The lowest BCUT2D eigenvalue weighted by atomic mass is 10.0. The van der Waals surface area contributed by atoms with Crippen LogP contribution < -0.4 is 5.32 Å². The van der Waals surface area contributed by atoms with Crippen LogP contribution in [0.15, 0.2) is 89.1 Å². The minimum Gasteiger partial charge on any atom is -0.379 e. The first kappa shape index (κ1) is 23.4. The predicted molar refractivity (Wildman–Crippen MR) is 137 cm³/mol. The molecule has 0 bridgehead atoms. The Morgan fingerprint density at radius 2 is 1.49 bits per heavy atom. The highest BCUT2D eigenvalue weighted by molar-refractivity contribution is 7.89. The molecule has 0 saturated carbocycles. The summed E-state index contributed by atoms with van der Waals surface area (Å²) in [4.78, 5) is 17.4. The van der Waals surface area contributed by atoms with Gasteiger partial charge < -0.3 is 4.74 Å². The fourth-order valence-electron chi connectivity index (χ4n) is 3.81. The molecule has 3 aromatic carbocycles. The lowest BCUT2D eigenvalue weighted by molar-refractivity contribution is 0.0730. The number of carbonyl (C=O) groups is 1. The quantitative estimate of drug-likeness (QED) is 0.409. The molecule has 178 valence electrons. The number of anilines is 1. The molecule has 1 aliphatic rings. The predicted octanol–water partition coefficient (Wildman–Crippen LogP) is 4.75. The van der Waals surface area contributed by atoms with E-state index in [-0.39, 0.29) is 10.8 Å². The van der Waals surface area contributed by atoms with Gasteiger partial charge in [0.05, 0.1) is 23.8 Å². The highest BCUT2D eigenvalue weighted by Crippen LogP contribution is 2.28. The van der Waals surface area contributed by atoms with Crippen molar-refractivity contribution < 1.29 is 17.9 Å². The summed E-state index contributed by atoms with van der Waals surface area (Å²) in [5.41, 5.74) is 4.36. The number of benzene rings is 3. The van der Waals surface area contributed by atoms with Gasteiger partial charge in [-0.1, -0.05) is 54.6 Å². The molecular formula is C26H23N3O4S2. The molecule has 1 aromatic heterocycles. The number of rotatable bonds is 6. The van der Waals surface area contributed by atoms with Crippen molar-refractivity contribution in [2.75, 3.05) is 31.6 Å². The fourth-order valence-corrected chi connectivity index (χ4v) is 5.93. The Kier molecular flexibility index (Phi) is 6.74. The molecule has 0 radical (unpaired) electrons. The number of aromatic nitrogens is 1. The van der Waals surface area contributed by atoms with Crippen LogP contribution in [0.3, 0.4) is 0 Å². The molecular weight excluding hydrogens is 482 g/mol. The molecule has 1 saturated heterocycles. The number of thiazole rings is 1. The van der Waals surface area contributed by atoms with Gasteiger partial charge in [-0.3, -0.25) is 10.1 Å². The van der Waals surface area contributed by atoms with Crippen molar-refractivity contribution in [1.82, 2.24) is 9.29 Å². The molecule has 0 spiro atoms. The Balaban J connectivity index is 1.25. The molecule has 0 aliphatic carbocycles. The van der Waals surface area contributed by atoms with E-state index in [4.69, 9.17) is 4.74 Å². The zero-order valence-electron chi connectivity index (χ0n) is 18.8. The topological polar surface area (TPSA) is 88.6 Å². The molecule has 1 fully saturated rings. The Bertz CT molecular complexity index is 1410. The Morgan fingerprint density at radius 1 is 0.857 bits per heavy atom. The van der Waals surface area contributed by atoms with Gasteiger partial charge in [-0.05, 0) is 35.4 Å². The van der Waals surface area contributed by atoms with Crippen molar-refractivity contribution >= 4 is 32.4 Å². The lowest BCUT2D eigenvalue weighted by Crippen LogP contribution is -2.40. The number of morpholine rings is 1. The van der Waals surface area contributed by atoms with Crippen molar-refractivity contribution in [2.45, 2.75) is 4.90 Å². The van der Waals surface area contributed by atoms with Crippen LogP contribution in [0.5, 0.6) is 0 Å². The molecule has 35 heavy (non-hydrogen) atoms. The van der Waals surface area contributed by atoms with Gasteiger partial charge in [0, 0.05) is 29.6 Å². The SMILES string of the molecule is O=C(Nc1nc(-c2ccc(-c3ccccc3)cc2)cs1)c1ccc(S(=O)(=O)N2CCOCC2)cc1. The molecule has 0 unspecified atom stereocenters. The molecule has 7 nitrogen and oxygen atoms in total. The Morgan fingerprint density at radius 3 is 2.17 bits per heavy atom. The number of hydrogen-bond donors (Lipinski definition) is 1. The zero-order valence-corrected chi connectivity index (χ0v) is 20.4. The van der Waals surface area contributed by atoms with E-state index in [1.165, 1.54) is 39.9 Å². The number of hydrogen-bond acceptors (Lipinski definition) is 6. The molecule has 1 amide bonds. The van der Waals surface area contributed by atoms with Gasteiger partial charge in [0.2, 0.25) is 10.0 Å². The van der Waals surface area contributed by atoms with E-state index in [0.717, 1.165) is 22.4 Å². The largest absolute Gasteiger partial charge is 0.379 e. The van der Waals surface area contributed by atoms with E-state index in [0.29, 0.717) is 37.0 Å². The van der Waals surface area contributed by atoms with E-state index in [1.807, 2.05) is 35.7 Å². The van der Waals surface area contributed by atoms with Crippen LogP contribution in [0.4, 0.5) is 5.13 Å². The summed E-state index contributed by atoms with van der Waals surface area (Å²) in [6.07, 6.45) is 0. The highest BCUT2D eigenvalue weighted by atomic mass is 32.2. The fraction of sp³-hybridized carbons (Fsp3) is 0.154. The molecule has 0 atom stereocenters. The summed E-state index contributed by atoms with van der Waals surface area (Å²) < 4.78 is 32.1.